The molecule has 0 atom stereocenters. The number of carbonyl (C=O) groups excluding carboxylic acids is 1. The van der Waals surface area contributed by atoms with Gasteiger partial charge < -0.3 is 14.8 Å². The molecule has 98 valence electrons. The van der Waals surface area contributed by atoms with Gasteiger partial charge in [-0.1, -0.05) is 0 Å². The smallest absolute Gasteiger partial charge is 0.374 e. The average molecular weight is 274 g/mol. The molecule has 0 radical (unpaired) electrons. The predicted octanol–water partition coefficient (Wildman–Crippen LogP) is -0.464. The van der Waals surface area contributed by atoms with Crippen molar-refractivity contribution in [1.82, 2.24) is 4.90 Å². The van der Waals surface area contributed by atoms with Crippen LogP contribution in [0.1, 0.15) is 0 Å². The van der Waals surface area contributed by atoms with Gasteiger partial charge in [-0.3, -0.25) is 0 Å². The van der Waals surface area contributed by atoms with Gasteiger partial charge in [-0.15, -0.1) is 0 Å². The third-order valence-electron chi connectivity index (χ3n) is 1.83. The Labute approximate surface area is 94.9 Å². The second-order valence-electron chi connectivity index (χ2n) is 3.33. The van der Waals surface area contributed by atoms with Crippen molar-refractivity contribution < 1.29 is 30.6 Å². The summed E-state index contributed by atoms with van der Waals surface area (Å²) in [6, 6.07) is -0.0606. The highest BCUT2D eigenvalue weighted by molar-refractivity contribution is 7.88. The Bertz CT molecular complexity index is 425. The fraction of sp³-hybridized carbons (Fsp3) is 0.571. The van der Waals surface area contributed by atoms with E-state index in [-0.39, 0.29) is 6.04 Å². The number of nitrogens with zero attached hydrogens (tertiary/aromatic N) is 1. The lowest BCUT2D eigenvalue weighted by Gasteiger charge is -2.35. The number of nitrogens with two attached hydrogens (primary N) is 1. The van der Waals surface area contributed by atoms with Crippen LogP contribution in [0.3, 0.4) is 0 Å². The summed E-state index contributed by atoms with van der Waals surface area (Å²) in [5, 5.41) is 0. The van der Waals surface area contributed by atoms with Crippen LogP contribution in [-0.4, -0.2) is 43.9 Å². The van der Waals surface area contributed by atoms with E-state index in [1.807, 2.05) is 0 Å². The topological polar surface area (TPSA) is 89.7 Å². The van der Waals surface area contributed by atoms with Gasteiger partial charge in [0.05, 0.1) is 0 Å². The summed E-state index contributed by atoms with van der Waals surface area (Å²) in [6.07, 6.45) is 1.72. The molecule has 1 saturated heterocycles. The molecule has 0 aromatic rings. The number of carbonyl (C=O) groups is 1. The van der Waals surface area contributed by atoms with Crippen LogP contribution in [0.4, 0.5) is 13.2 Å². The third kappa shape index (κ3) is 3.60. The van der Waals surface area contributed by atoms with Crippen molar-refractivity contribution in [2.75, 3.05) is 13.1 Å². The minimum atomic E-state index is -5.89. The van der Waals surface area contributed by atoms with Crippen LogP contribution in [0.2, 0.25) is 0 Å². The SMILES string of the molecule is NC1CN(C=CC(=O)OS(=O)(=O)C(F)(F)F)C1. The summed E-state index contributed by atoms with van der Waals surface area (Å²) in [4.78, 5) is 12.3. The molecule has 1 aliphatic rings. The fourth-order valence-corrected chi connectivity index (χ4v) is 1.39. The van der Waals surface area contributed by atoms with Crippen molar-refractivity contribution in [2.45, 2.75) is 11.6 Å². The van der Waals surface area contributed by atoms with Gasteiger partial charge >= 0.3 is 21.6 Å². The van der Waals surface area contributed by atoms with Crippen LogP contribution >= 0.6 is 0 Å². The minimum Gasteiger partial charge on any atom is -0.374 e. The molecule has 0 spiro atoms. The maximum Gasteiger partial charge on any atom is 0.534 e. The molecule has 10 heteroatoms. The van der Waals surface area contributed by atoms with E-state index in [4.69, 9.17) is 5.73 Å². The molecule has 0 aliphatic carbocycles. The van der Waals surface area contributed by atoms with Crippen LogP contribution in [0.5, 0.6) is 0 Å². The molecule has 6 nitrogen and oxygen atoms in total. The van der Waals surface area contributed by atoms with E-state index in [1.54, 1.807) is 0 Å². The highest BCUT2D eigenvalue weighted by atomic mass is 32.2. The molecule has 0 aromatic carbocycles. The summed E-state index contributed by atoms with van der Waals surface area (Å²) in [6.45, 7) is 0.881. The first-order chi connectivity index (χ1) is 7.62. The fourth-order valence-electron chi connectivity index (χ4n) is 1.02. The lowest BCUT2D eigenvalue weighted by molar-refractivity contribution is -0.131. The normalized spacial score (nSPS) is 18.2. The Hall–Kier alpha value is -1.29. The molecule has 1 aliphatic heterocycles. The first-order valence-electron chi connectivity index (χ1n) is 4.34. The zero-order chi connectivity index (χ0) is 13.3. The second kappa shape index (κ2) is 4.53. The Morgan fingerprint density at radius 3 is 2.35 bits per heavy atom. The van der Waals surface area contributed by atoms with Gasteiger partial charge in [-0.2, -0.15) is 21.6 Å². The molecule has 1 rings (SSSR count). The van der Waals surface area contributed by atoms with Gasteiger partial charge in [0.1, 0.15) is 0 Å². The van der Waals surface area contributed by atoms with Gasteiger partial charge in [-0.05, 0) is 0 Å². The molecule has 0 amide bonds. The van der Waals surface area contributed by atoms with Crippen LogP contribution in [-0.2, 0) is 19.1 Å². The maximum absolute atomic E-state index is 11.8. The lowest BCUT2D eigenvalue weighted by Crippen LogP contribution is -2.52. The molecule has 0 aromatic heterocycles. The Morgan fingerprint density at radius 1 is 1.41 bits per heavy atom. The molecular weight excluding hydrogens is 265 g/mol. The summed E-state index contributed by atoms with van der Waals surface area (Å²) < 4.78 is 59.5. The van der Waals surface area contributed by atoms with E-state index in [0.717, 1.165) is 6.20 Å². The van der Waals surface area contributed by atoms with Gasteiger partial charge in [0.2, 0.25) is 0 Å². The molecule has 1 fully saturated rings. The number of rotatable bonds is 3. The highest BCUT2D eigenvalue weighted by Crippen LogP contribution is 2.24. The number of hydrogen-bond donors (Lipinski definition) is 1. The average Bonchev–Trinajstić information content (AvgIpc) is 2.07. The molecule has 17 heavy (non-hydrogen) atoms. The largest absolute Gasteiger partial charge is 0.534 e. The maximum atomic E-state index is 11.8. The number of hydrogen-bond acceptors (Lipinski definition) is 6. The van der Waals surface area contributed by atoms with Gasteiger partial charge in [-0.25, -0.2) is 4.79 Å². The number of alkyl halides is 3. The Morgan fingerprint density at radius 2 is 1.94 bits per heavy atom. The highest BCUT2D eigenvalue weighted by Gasteiger charge is 2.49. The molecule has 2 N–H and O–H groups in total. The van der Waals surface area contributed by atoms with Gasteiger partial charge in [0, 0.05) is 31.4 Å². The number of likely N-dealkylation sites (tertiary alicyclic amines) is 1. The van der Waals surface area contributed by atoms with Crippen molar-refractivity contribution in [3.05, 3.63) is 12.3 Å². The molecule has 0 bridgehead atoms. The summed E-state index contributed by atoms with van der Waals surface area (Å²) >= 11 is 0. The van der Waals surface area contributed by atoms with Crippen LogP contribution in [0, 0.1) is 0 Å². The lowest BCUT2D eigenvalue weighted by atomic mass is 10.1. The number of halogens is 3. The monoisotopic (exact) mass is 274 g/mol. The molecule has 0 saturated carbocycles. The zero-order valence-corrected chi connectivity index (χ0v) is 9.16. The first kappa shape index (κ1) is 13.8. The van der Waals surface area contributed by atoms with E-state index in [9.17, 15) is 26.4 Å². The Kier molecular flexibility index (Phi) is 3.67. The summed E-state index contributed by atoms with van der Waals surface area (Å²) in [7, 11) is -5.89. The molecular formula is C7H9F3N2O4S. The predicted molar refractivity (Wildman–Crippen MR) is 49.8 cm³/mol. The quantitative estimate of drug-likeness (QED) is 0.425. The minimum absolute atomic E-state index is 0.0606. The Balaban J connectivity index is 2.51. The third-order valence-corrected chi connectivity index (χ3v) is 2.79. The van der Waals surface area contributed by atoms with E-state index < -0.39 is 21.6 Å². The van der Waals surface area contributed by atoms with Crippen molar-refractivity contribution in [3.63, 3.8) is 0 Å². The summed E-state index contributed by atoms with van der Waals surface area (Å²) in [5.41, 5.74) is -0.218. The first-order valence-corrected chi connectivity index (χ1v) is 5.75. The van der Waals surface area contributed by atoms with Crippen molar-refractivity contribution in [3.8, 4) is 0 Å². The van der Waals surface area contributed by atoms with Gasteiger partial charge in [0.15, 0.2) is 0 Å². The molecule has 0 unspecified atom stereocenters. The van der Waals surface area contributed by atoms with Crippen molar-refractivity contribution in [1.29, 1.82) is 0 Å². The summed E-state index contributed by atoms with van der Waals surface area (Å²) in [5.74, 6) is -1.61. The van der Waals surface area contributed by atoms with E-state index in [2.05, 4.69) is 4.18 Å². The van der Waals surface area contributed by atoms with E-state index >= 15 is 0 Å². The van der Waals surface area contributed by atoms with Crippen molar-refractivity contribution >= 4 is 16.1 Å². The second-order valence-corrected chi connectivity index (χ2v) is 4.87. The van der Waals surface area contributed by atoms with Crippen LogP contribution in [0.15, 0.2) is 12.3 Å². The standard InChI is InChI=1S/C7H9F3N2O4S/c8-7(9,10)17(14,15)16-6(13)1-2-12-3-5(11)4-12/h1-2,5H,3-4,11H2. The zero-order valence-electron chi connectivity index (χ0n) is 8.35. The van der Waals surface area contributed by atoms with Crippen LogP contribution in [0.25, 0.3) is 0 Å². The van der Waals surface area contributed by atoms with E-state index in [0.29, 0.717) is 19.2 Å². The van der Waals surface area contributed by atoms with E-state index in [1.165, 1.54) is 4.90 Å². The molecule has 1 heterocycles. The van der Waals surface area contributed by atoms with Gasteiger partial charge in [0.25, 0.3) is 0 Å². The van der Waals surface area contributed by atoms with Crippen LogP contribution < -0.4 is 5.73 Å². The van der Waals surface area contributed by atoms with Crippen molar-refractivity contribution in [2.24, 2.45) is 5.73 Å².